The highest BCUT2D eigenvalue weighted by atomic mass is 32.2. The number of hydrogen-bond acceptors (Lipinski definition) is 7. The summed E-state index contributed by atoms with van der Waals surface area (Å²) in [6.07, 6.45) is 0.668. The van der Waals surface area contributed by atoms with Gasteiger partial charge in [-0.2, -0.15) is 0 Å². The third kappa shape index (κ3) is 8.34. The topological polar surface area (TPSA) is 130 Å². The molecule has 0 unspecified atom stereocenters. The van der Waals surface area contributed by atoms with E-state index in [2.05, 4.69) is 9.29 Å². The quantitative estimate of drug-likeness (QED) is 0.0677. The van der Waals surface area contributed by atoms with Crippen LogP contribution in [0, 0.1) is 10.1 Å². The van der Waals surface area contributed by atoms with Gasteiger partial charge in [0, 0.05) is 48.1 Å². The van der Waals surface area contributed by atoms with Gasteiger partial charge in [-0.1, -0.05) is 91.0 Å². The van der Waals surface area contributed by atoms with E-state index in [0.717, 1.165) is 27.9 Å². The van der Waals surface area contributed by atoms with Gasteiger partial charge in [0.15, 0.2) is 0 Å². The average molecular weight is 704 g/mol. The lowest BCUT2D eigenvalue weighted by Gasteiger charge is -2.25. The number of hydrogen-bond donors (Lipinski definition) is 1. The van der Waals surface area contributed by atoms with Crippen molar-refractivity contribution in [2.24, 2.45) is 0 Å². The normalized spacial score (nSPS) is 11.5. The molecule has 0 aliphatic carbocycles. The van der Waals surface area contributed by atoms with Crippen LogP contribution in [0.15, 0.2) is 133 Å². The predicted molar refractivity (Wildman–Crippen MR) is 196 cm³/mol. The van der Waals surface area contributed by atoms with E-state index in [1.807, 2.05) is 66.7 Å². The molecule has 6 rings (SSSR count). The molecule has 0 radical (unpaired) electrons. The number of nitrogens with one attached hydrogen (secondary N) is 1. The monoisotopic (exact) mass is 703 g/mol. The van der Waals surface area contributed by atoms with E-state index < -0.39 is 20.9 Å². The Hall–Kier alpha value is -5.78. The Morgan fingerprint density at radius 1 is 0.824 bits per heavy atom. The molecule has 1 N–H and O–H groups in total. The predicted octanol–water partition coefficient (Wildman–Crippen LogP) is 7.26. The highest BCUT2D eigenvalue weighted by Crippen LogP contribution is 2.38. The number of ether oxygens (including phenoxy) is 2. The van der Waals surface area contributed by atoms with Crippen LogP contribution >= 0.6 is 0 Å². The number of nitrogens with zero attached hydrogens (tertiary/aromatic N) is 2. The SMILES string of the molecule is COC(=O)c1ccc(OCCc2c(CCNS(=O)(=O)Cc3ccccc3)n(C(c3ccccc3)c3ccccc3)c3ccc([N+](=O)[O-])cc23)cc1. The van der Waals surface area contributed by atoms with Gasteiger partial charge >= 0.3 is 5.97 Å². The standard InChI is InChI=1S/C40H37N3O7S/c1-49-40(44)32-17-20-34(21-18-32)50-26-24-35-36-27-33(43(45)46)19-22-37(36)42(39(30-13-7-3-8-14-30)31-15-9-4-10-16-31)38(35)23-25-41-51(47,48)28-29-11-5-2-6-12-29/h2-22,27,39,41H,23-26,28H2,1H3. The average Bonchev–Trinajstić information content (AvgIpc) is 3.44. The van der Waals surface area contributed by atoms with Crippen molar-refractivity contribution in [2.75, 3.05) is 20.3 Å². The van der Waals surface area contributed by atoms with Crippen molar-refractivity contribution in [3.05, 3.63) is 177 Å². The zero-order valence-electron chi connectivity index (χ0n) is 28.0. The van der Waals surface area contributed by atoms with Crippen LogP contribution in [0.4, 0.5) is 5.69 Å². The van der Waals surface area contributed by atoms with Crippen molar-refractivity contribution in [3.63, 3.8) is 0 Å². The summed E-state index contributed by atoms with van der Waals surface area (Å²) in [4.78, 5) is 23.5. The van der Waals surface area contributed by atoms with Gasteiger partial charge in [-0.15, -0.1) is 0 Å². The van der Waals surface area contributed by atoms with Crippen LogP contribution in [0.25, 0.3) is 10.9 Å². The molecule has 260 valence electrons. The molecular weight excluding hydrogens is 667 g/mol. The number of methoxy groups -OCH3 is 1. The first-order chi connectivity index (χ1) is 24.7. The summed E-state index contributed by atoms with van der Waals surface area (Å²) in [5.74, 6) is -0.0692. The van der Waals surface area contributed by atoms with Gasteiger partial charge in [0.2, 0.25) is 10.0 Å². The number of sulfonamides is 1. The number of esters is 1. The number of non-ortho nitro benzene ring substituents is 1. The summed E-state index contributed by atoms with van der Waals surface area (Å²) < 4.78 is 42.3. The molecule has 51 heavy (non-hydrogen) atoms. The lowest BCUT2D eigenvalue weighted by molar-refractivity contribution is -0.384. The molecule has 10 nitrogen and oxygen atoms in total. The van der Waals surface area contributed by atoms with Crippen molar-refractivity contribution in [2.45, 2.75) is 24.6 Å². The molecule has 0 atom stereocenters. The van der Waals surface area contributed by atoms with E-state index >= 15 is 0 Å². The van der Waals surface area contributed by atoms with Crippen LogP contribution in [0.3, 0.4) is 0 Å². The maximum Gasteiger partial charge on any atom is 0.337 e. The minimum Gasteiger partial charge on any atom is -0.493 e. The summed E-state index contributed by atoms with van der Waals surface area (Å²) in [6.45, 7) is 0.320. The maximum absolute atomic E-state index is 13.2. The molecular formula is C40H37N3O7S. The van der Waals surface area contributed by atoms with Crippen molar-refractivity contribution in [1.29, 1.82) is 0 Å². The van der Waals surface area contributed by atoms with Gasteiger partial charge < -0.3 is 14.0 Å². The number of carbonyl (C=O) groups is 1. The molecule has 0 bridgehead atoms. The zero-order valence-corrected chi connectivity index (χ0v) is 28.8. The van der Waals surface area contributed by atoms with Crippen LogP contribution in [-0.4, -0.2) is 44.1 Å². The minimum absolute atomic E-state index is 0.0497. The Labute approximate surface area is 296 Å². The Morgan fingerprint density at radius 2 is 1.43 bits per heavy atom. The van der Waals surface area contributed by atoms with Gasteiger partial charge in [0.25, 0.3) is 5.69 Å². The van der Waals surface area contributed by atoms with Crippen molar-refractivity contribution in [1.82, 2.24) is 9.29 Å². The molecule has 1 aromatic heterocycles. The fourth-order valence-electron chi connectivity index (χ4n) is 6.39. The second kappa shape index (κ2) is 15.8. The Kier molecular flexibility index (Phi) is 10.9. The minimum atomic E-state index is -3.67. The molecule has 0 saturated carbocycles. The van der Waals surface area contributed by atoms with Crippen molar-refractivity contribution >= 4 is 32.6 Å². The van der Waals surface area contributed by atoms with Crippen molar-refractivity contribution < 1.29 is 27.6 Å². The maximum atomic E-state index is 13.2. The molecule has 6 aromatic rings. The molecule has 0 aliphatic heterocycles. The number of fused-ring (bicyclic) bond motifs is 1. The number of rotatable bonds is 15. The fourth-order valence-corrected chi connectivity index (χ4v) is 7.53. The number of carbonyl (C=O) groups excluding carboxylic acids is 1. The molecule has 11 heteroatoms. The van der Waals surface area contributed by atoms with Crippen LogP contribution in [-0.2, 0) is 33.4 Å². The second-order valence-electron chi connectivity index (χ2n) is 12.0. The molecule has 0 aliphatic rings. The van der Waals surface area contributed by atoms with Gasteiger partial charge in [0.1, 0.15) is 5.75 Å². The third-order valence-electron chi connectivity index (χ3n) is 8.68. The number of nitro groups is 1. The van der Waals surface area contributed by atoms with E-state index in [1.165, 1.54) is 13.2 Å². The van der Waals surface area contributed by atoms with E-state index in [9.17, 15) is 23.3 Å². The molecule has 0 amide bonds. The Morgan fingerprint density at radius 3 is 2.02 bits per heavy atom. The zero-order chi connectivity index (χ0) is 35.8. The molecule has 0 spiro atoms. The van der Waals surface area contributed by atoms with Gasteiger partial charge in [-0.3, -0.25) is 10.1 Å². The van der Waals surface area contributed by atoms with E-state index in [1.54, 1.807) is 60.7 Å². The van der Waals surface area contributed by atoms with Crippen LogP contribution < -0.4 is 9.46 Å². The Balaban J connectivity index is 1.43. The fraction of sp³-hybridized carbons (Fsp3) is 0.175. The molecule has 0 fully saturated rings. The largest absolute Gasteiger partial charge is 0.493 e. The molecule has 5 aromatic carbocycles. The first kappa shape index (κ1) is 35.1. The van der Waals surface area contributed by atoms with Crippen LogP contribution in [0.1, 0.15) is 44.3 Å². The van der Waals surface area contributed by atoms with Crippen LogP contribution in [0.5, 0.6) is 5.75 Å². The summed E-state index contributed by atoms with van der Waals surface area (Å²) >= 11 is 0. The third-order valence-corrected chi connectivity index (χ3v) is 10.0. The lowest BCUT2D eigenvalue weighted by atomic mass is 9.97. The summed E-state index contributed by atoms with van der Waals surface area (Å²) in [7, 11) is -2.35. The van der Waals surface area contributed by atoms with Crippen LogP contribution in [0.2, 0.25) is 0 Å². The van der Waals surface area contributed by atoms with E-state index in [0.29, 0.717) is 35.1 Å². The summed E-state index contributed by atoms with van der Waals surface area (Å²) in [6, 6.07) is 40.1. The number of benzene rings is 5. The Bertz CT molecular complexity index is 2180. The first-order valence-corrected chi connectivity index (χ1v) is 18.1. The van der Waals surface area contributed by atoms with Gasteiger partial charge in [-0.05, 0) is 52.6 Å². The highest BCUT2D eigenvalue weighted by molar-refractivity contribution is 7.88. The van der Waals surface area contributed by atoms with E-state index in [-0.39, 0.29) is 30.6 Å². The summed E-state index contributed by atoms with van der Waals surface area (Å²) in [5, 5.41) is 12.7. The first-order valence-electron chi connectivity index (χ1n) is 16.5. The number of aromatic nitrogens is 1. The molecule has 1 heterocycles. The number of nitro benzene ring substituents is 1. The second-order valence-corrected chi connectivity index (χ2v) is 13.8. The van der Waals surface area contributed by atoms with Gasteiger partial charge in [0.05, 0.1) is 36.0 Å². The van der Waals surface area contributed by atoms with Gasteiger partial charge in [-0.25, -0.2) is 17.9 Å². The summed E-state index contributed by atoms with van der Waals surface area (Å²) in [5.41, 5.74) is 5.44. The smallest absolute Gasteiger partial charge is 0.337 e. The van der Waals surface area contributed by atoms with E-state index in [4.69, 9.17) is 9.47 Å². The van der Waals surface area contributed by atoms with Crippen molar-refractivity contribution in [3.8, 4) is 5.75 Å². The lowest BCUT2D eigenvalue weighted by Crippen LogP contribution is -2.28. The molecule has 0 saturated heterocycles. The highest BCUT2D eigenvalue weighted by Gasteiger charge is 2.27.